The molecule has 130 valence electrons. The third-order valence-corrected chi connectivity index (χ3v) is 4.13. The molecule has 26 heavy (non-hydrogen) atoms. The fourth-order valence-electron chi connectivity index (χ4n) is 2.93. The van der Waals surface area contributed by atoms with E-state index in [0.29, 0.717) is 23.6 Å². The number of hydrogen-bond donors (Lipinski definition) is 1. The van der Waals surface area contributed by atoms with Gasteiger partial charge in [0.15, 0.2) is 11.9 Å². The second-order valence-electron chi connectivity index (χ2n) is 6.02. The van der Waals surface area contributed by atoms with Crippen LogP contribution in [0.25, 0.3) is 5.82 Å². The molecule has 3 aromatic rings. The van der Waals surface area contributed by atoms with Crippen molar-refractivity contribution in [1.82, 2.24) is 14.8 Å². The molecular weight excluding hydrogens is 332 g/mol. The maximum atomic E-state index is 12.7. The Labute approximate surface area is 149 Å². The summed E-state index contributed by atoms with van der Waals surface area (Å²) in [6, 6.07) is 14.3. The molecule has 1 aliphatic rings. The molecule has 7 heteroatoms. The molecule has 1 N–H and O–H groups in total. The SMILES string of the molecule is Cc1cc(NC(=O)[C@@H]2Cc3ccccc3C(=O)O2)n(-c2ccccn2)n1. The summed E-state index contributed by atoms with van der Waals surface area (Å²) in [5, 5.41) is 7.16. The van der Waals surface area contributed by atoms with Gasteiger partial charge < -0.3 is 10.1 Å². The lowest BCUT2D eigenvalue weighted by Crippen LogP contribution is -2.38. The van der Waals surface area contributed by atoms with E-state index < -0.39 is 18.0 Å². The van der Waals surface area contributed by atoms with Crippen molar-refractivity contribution >= 4 is 17.7 Å². The Morgan fingerprint density at radius 2 is 2.04 bits per heavy atom. The highest BCUT2D eigenvalue weighted by molar-refractivity contribution is 5.99. The van der Waals surface area contributed by atoms with Crippen LogP contribution in [0.1, 0.15) is 21.6 Å². The smallest absolute Gasteiger partial charge is 0.339 e. The third-order valence-electron chi connectivity index (χ3n) is 4.13. The van der Waals surface area contributed by atoms with Crippen LogP contribution in [-0.2, 0) is 16.0 Å². The van der Waals surface area contributed by atoms with Gasteiger partial charge in [-0.1, -0.05) is 24.3 Å². The number of rotatable bonds is 3. The Morgan fingerprint density at radius 3 is 2.85 bits per heavy atom. The number of nitrogens with zero attached hydrogens (tertiary/aromatic N) is 3. The topological polar surface area (TPSA) is 86.1 Å². The summed E-state index contributed by atoms with van der Waals surface area (Å²) in [5.74, 6) is 0.175. The lowest BCUT2D eigenvalue weighted by atomic mass is 9.98. The van der Waals surface area contributed by atoms with Gasteiger partial charge in [-0.05, 0) is 30.7 Å². The van der Waals surface area contributed by atoms with Gasteiger partial charge in [0.05, 0.1) is 11.3 Å². The van der Waals surface area contributed by atoms with E-state index in [1.165, 1.54) is 0 Å². The largest absolute Gasteiger partial charge is 0.448 e. The van der Waals surface area contributed by atoms with E-state index in [0.717, 1.165) is 11.3 Å². The van der Waals surface area contributed by atoms with Crippen molar-refractivity contribution in [2.45, 2.75) is 19.4 Å². The van der Waals surface area contributed by atoms with Gasteiger partial charge in [-0.3, -0.25) is 4.79 Å². The van der Waals surface area contributed by atoms with E-state index in [-0.39, 0.29) is 0 Å². The second kappa shape index (κ2) is 6.44. The Morgan fingerprint density at radius 1 is 1.23 bits per heavy atom. The van der Waals surface area contributed by atoms with Crippen LogP contribution in [0.2, 0.25) is 0 Å². The molecule has 7 nitrogen and oxygen atoms in total. The highest BCUT2D eigenvalue weighted by atomic mass is 16.5. The molecule has 0 aliphatic carbocycles. The lowest BCUT2D eigenvalue weighted by molar-refractivity contribution is -0.125. The summed E-state index contributed by atoms with van der Waals surface area (Å²) in [5.41, 5.74) is 2.04. The molecule has 3 heterocycles. The number of aromatic nitrogens is 3. The van der Waals surface area contributed by atoms with Gasteiger partial charge in [-0.2, -0.15) is 9.78 Å². The van der Waals surface area contributed by atoms with E-state index in [1.54, 1.807) is 41.2 Å². The van der Waals surface area contributed by atoms with Crippen LogP contribution >= 0.6 is 0 Å². The molecule has 0 saturated heterocycles. The number of carbonyl (C=O) groups is 2. The lowest BCUT2D eigenvalue weighted by Gasteiger charge is -2.23. The van der Waals surface area contributed by atoms with Crippen molar-refractivity contribution in [2.75, 3.05) is 5.32 Å². The Bertz CT molecular complexity index is 981. The zero-order valence-corrected chi connectivity index (χ0v) is 14.0. The van der Waals surface area contributed by atoms with E-state index in [2.05, 4.69) is 15.4 Å². The maximum absolute atomic E-state index is 12.7. The number of nitrogens with one attached hydrogen (secondary N) is 1. The first-order chi connectivity index (χ1) is 12.6. The van der Waals surface area contributed by atoms with E-state index >= 15 is 0 Å². The van der Waals surface area contributed by atoms with Crippen LogP contribution in [0.5, 0.6) is 0 Å². The van der Waals surface area contributed by atoms with Crippen molar-refractivity contribution < 1.29 is 14.3 Å². The number of cyclic esters (lactones) is 1. The summed E-state index contributed by atoms with van der Waals surface area (Å²) in [6.07, 6.45) is 1.10. The fraction of sp³-hybridized carbons (Fsp3) is 0.158. The predicted molar refractivity (Wildman–Crippen MR) is 94.1 cm³/mol. The fourth-order valence-corrected chi connectivity index (χ4v) is 2.93. The van der Waals surface area contributed by atoms with Crippen molar-refractivity contribution in [3.8, 4) is 5.82 Å². The first-order valence-corrected chi connectivity index (χ1v) is 8.19. The van der Waals surface area contributed by atoms with Gasteiger partial charge in [0.25, 0.3) is 5.91 Å². The highest BCUT2D eigenvalue weighted by Gasteiger charge is 2.31. The van der Waals surface area contributed by atoms with Crippen LogP contribution in [-0.4, -0.2) is 32.7 Å². The van der Waals surface area contributed by atoms with Crippen molar-refractivity contribution in [3.63, 3.8) is 0 Å². The van der Waals surface area contributed by atoms with Gasteiger partial charge in [-0.15, -0.1) is 0 Å². The van der Waals surface area contributed by atoms with Crippen LogP contribution in [0, 0.1) is 6.92 Å². The number of carbonyl (C=O) groups excluding carboxylic acids is 2. The molecule has 1 amide bonds. The minimum Gasteiger partial charge on any atom is -0.448 e. The number of aryl methyl sites for hydroxylation is 1. The summed E-state index contributed by atoms with van der Waals surface area (Å²) in [4.78, 5) is 29.0. The van der Waals surface area contributed by atoms with Gasteiger partial charge in [-0.25, -0.2) is 9.78 Å². The summed E-state index contributed by atoms with van der Waals surface area (Å²) >= 11 is 0. The van der Waals surface area contributed by atoms with Gasteiger partial charge in [0.2, 0.25) is 0 Å². The van der Waals surface area contributed by atoms with E-state index in [9.17, 15) is 9.59 Å². The first kappa shape index (κ1) is 16.0. The van der Waals surface area contributed by atoms with Crippen molar-refractivity contribution in [2.24, 2.45) is 0 Å². The molecule has 0 radical (unpaired) electrons. The predicted octanol–water partition coefficient (Wildman–Crippen LogP) is 2.30. The summed E-state index contributed by atoms with van der Waals surface area (Å²) < 4.78 is 6.85. The molecule has 1 aromatic carbocycles. The Hall–Kier alpha value is -3.48. The quantitative estimate of drug-likeness (QED) is 0.734. The molecule has 1 aliphatic heterocycles. The molecule has 0 bridgehead atoms. The van der Waals surface area contributed by atoms with E-state index in [4.69, 9.17) is 4.74 Å². The molecule has 0 unspecified atom stereocenters. The first-order valence-electron chi connectivity index (χ1n) is 8.19. The standard InChI is InChI=1S/C19H16N4O3/c1-12-10-17(23(22-12)16-8-4-5-9-20-16)21-18(24)15-11-13-6-2-3-7-14(13)19(25)26-15/h2-10,15H,11H2,1H3,(H,21,24)/t15-/m0/s1. The Kier molecular flexibility index (Phi) is 3.96. The van der Waals surface area contributed by atoms with Crippen molar-refractivity contribution in [3.05, 3.63) is 71.5 Å². The van der Waals surface area contributed by atoms with Crippen molar-refractivity contribution in [1.29, 1.82) is 0 Å². The van der Waals surface area contributed by atoms with Gasteiger partial charge in [0.1, 0.15) is 5.82 Å². The number of anilines is 1. The normalized spacial score (nSPS) is 15.9. The zero-order chi connectivity index (χ0) is 18.1. The number of esters is 1. The number of fused-ring (bicyclic) bond motifs is 1. The molecule has 2 aromatic heterocycles. The molecule has 0 spiro atoms. The van der Waals surface area contributed by atoms with Gasteiger partial charge >= 0.3 is 5.97 Å². The number of amides is 1. The zero-order valence-electron chi connectivity index (χ0n) is 14.0. The molecule has 1 atom stereocenters. The molecule has 4 rings (SSSR count). The Balaban J connectivity index is 1.58. The summed E-state index contributed by atoms with van der Waals surface area (Å²) in [6.45, 7) is 1.83. The van der Waals surface area contributed by atoms with Crippen LogP contribution in [0.15, 0.2) is 54.7 Å². The molecule has 0 saturated carbocycles. The minimum absolute atomic E-state index is 0.338. The average Bonchev–Trinajstić information content (AvgIpc) is 3.02. The number of benzene rings is 1. The molecule has 0 fully saturated rings. The monoisotopic (exact) mass is 348 g/mol. The minimum atomic E-state index is -0.884. The number of hydrogen-bond acceptors (Lipinski definition) is 5. The third kappa shape index (κ3) is 2.95. The highest BCUT2D eigenvalue weighted by Crippen LogP contribution is 2.22. The second-order valence-corrected chi connectivity index (χ2v) is 6.02. The van der Waals surface area contributed by atoms with E-state index in [1.807, 2.05) is 25.1 Å². The number of pyridine rings is 1. The van der Waals surface area contributed by atoms with Crippen LogP contribution in [0.3, 0.4) is 0 Å². The van der Waals surface area contributed by atoms with Gasteiger partial charge in [0, 0.05) is 18.7 Å². The average molecular weight is 348 g/mol. The van der Waals surface area contributed by atoms with Crippen LogP contribution < -0.4 is 5.32 Å². The van der Waals surface area contributed by atoms with Crippen LogP contribution in [0.4, 0.5) is 5.82 Å². The number of ether oxygens (including phenoxy) is 1. The molecular formula is C19H16N4O3. The maximum Gasteiger partial charge on any atom is 0.339 e. The summed E-state index contributed by atoms with van der Waals surface area (Å²) in [7, 11) is 0.